The summed E-state index contributed by atoms with van der Waals surface area (Å²) in [6.07, 6.45) is -9.41. The number of rotatable bonds is 14. The van der Waals surface area contributed by atoms with E-state index < -0.39 is 59.6 Å². The summed E-state index contributed by atoms with van der Waals surface area (Å²) in [6.45, 7) is 9.51. The van der Waals surface area contributed by atoms with Gasteiger partial charge in [0.05, 0.1) is 25.5 Å². The monoisotopic (exact) mass is 698 g/mol. The smallest absolute Gasteiger partial charge is 0.409 e. The number of benzene rings is 2. The molecule has 0 radical (unpaired) electrons. The molecule has 0 aliphatic rings. The number of amides is 4. The van der Waals surface area contributed by atoms with Crippen molar-refractivity contribution in [3.05, 3.63) is 71.8 Å². The Balaban J connectivity index is 2.02. The van der Waals surface area contributed by atoms with E-state index in [9.17, 15) is 39.6 Å². The van der Waals surface area contributed by atoms with E-state index in [0.29, 0.717) is 11.1 Å². The zero-order valence-electron chi connectivity index (χ0n) is 29.5. The highest BCUT2D eigenvalue weighted by molar-refractivity contribution is 5.82. The van der Waals surface area contributed by atoms with Crippen molar-refractivity contribution in [3.8, 4) is 11.8 Å². The molecule has 2 aromatic carbocycles. The number of aliphatic hydroxyl groups excluding tert-OH is 4. The topological polar surface area (TPSA) is 198 Å². The van der Waals surface area contributed by atoms with E-state index in [4.69, 9.17) is 9.47 Å². The Hall–Kier alpha value is -4.68. The standard InChI is InChI=1S/C36H50N4O10/c1-35(2,3)49-33(47)37-23-39(21-25-15-9-7-10-16-25)31(45)29(43)27(41)19-13-14-20-28(42)30(44)32(46)40(22-26-17-11-8-12-18-26)24-38-34(48)50-36(4,5)6/h7-12,15-18,27-30,41-44H,19-24H2,1-6H3,(H,37,47)(H,38,48). The van der Waals surface area contributed by atoms with E-state index in [2.05, 4.69) is 22.5 Å². The van der Waals surface area contributed by atoms with Crippen molar-refractivity contribution in [1.29, 1.82) is 0 Å². The number of nitrogens with zero attached hydrogens (tertiary/aromatic N) is 2. The molecule has 0 heterocycles. The summed E-state index contributed by atoms with van der Waals surface area (Å²) in [6, 6.07) is 17.7. The van der Waals surface area contributed by atoms with Gasteiger partial charge in [0.25, 0.3) is 11.8 Å². The summed E-state index contributed by atoms with van der Waals surface area (Å²) in [5, 5.41) is 47.4. The van der Waals surface area contributed by atoms with Crippen molar-refractivity contribution in [2.75, 3.05) is 13.3 Å². The molecule has 14 nitrogen and oxygen atoms in total. The Morgan fingerprint density at radius 3 is 1.24 bits per heavy atom. The second kappa shape index (κ2) is 19.5. The van der Waals surface area contributed by atoms with Crippen LogP contribution in [0, 0.1) is 11.8 Å². The summed E-state index contributed by atoms with van der Waals surface area (Å²) in [7, 11) is 0. The van der Waals surface area contributed by atoms with Crippen molar-refractivity contribution in [2.24, 2.45) is 0 Å². The molecule has 4 amide bonds. The normalized spacial score (nSPS) is 13.7. The third-order valence-electron chi connectivity index (χ3n) is 6.66. The number of hydrogen-bond acceptors (Lipinski definition) is 10. The Morgan fingerprint density at radius 2 is 0.940 bits per heavy atom. The van der Waals surface area contributed by atoms with Gasteiger partial charge in [0.1, 0.15) is 11.2 Å². The number of nitrogens with one attached hydrogen (secondary N) is 2. The zero-order valence-corrected chi connectivity index (χ0v) is 29.5. The lowest BCUT2D eigenvalue weighted by atomic mass is 10.1. The average Bonchev–Trinajstić information content (AvgIpc) is 3.04. The van der Waals surface area contributed by atoms with E-state index in [-0.39, 0.29) is 39.3 Å². The van der Waals surface area contributed by atoms with Crippen LogP contribution in [0.4, 0.5) is 9.59 Å². The average molecular weight is 699 g/mol. The zero-order chi connectivity index (χ0) is 37.5. The van der Waals surface area contributed by atoms with Gasteiger partial charge in [-0.15, -0.1) is 11.8 Å². The van der Waals surface area contributed by atoms with Gasteiger partial charge in [-0.25, -0.2) is 9.59 Å². The van der Waals surface area contributed by atoms with Gasteiger partial charge in [-0.2, -0.15) is 0 Å². The minimum atomic E-state index is -1.91. The Labute approximate surface area is 293 Å². The van der Waals surface area contributed by atoms with Gasteiger partial charge in [0.2, 0.25) is 0 Å². The summed E-state index contributed by atoms with van der Waals surface area (Å²) < 4.78 is 10.4. The molecule has 0 aliphatic heterocycles. The highest BCUT2D eigenvalue weighted by Gasteiger charge is 2.31. The molecule has 50 heavy (non-hydrogen) atoms. The third-order valence-corrected chi connectivity index (χ3v) is 6.66. The van der Waals surface area contributed by atoms with Gasteiger partial charge in [-0.05, 0) is 52.7 Å². The summed E-state index contributed by atoms with van der Waals surface area (Å²) in [4.78, 5) is 53.0. The molecule has 0 bridgehead atoms. The van der Waals surface area contributed by atoms with E-state index in [1.807, 2.05) is 0 Å². The molecular weight excluding hydrogens is 648 g/mol. The second-order valence-corrected chi connectivity index (χ2v) is 13.5. The van der Waals surface area contributed by atoms with E-state index >= 15 is 0 Å². The number of carbonyl (C=O) groups excluding carboxylic acids is 4. The van der Waals surface area contributed by atoms with Crippen LogP contribution in [-0.2, 0) is 32.2 Å². The molecule has 2 aromatic rings. The maximum absolute atomic E-state index is 13.2. The molecule has 0 aliphatic carbocycles. The third kappa shape index (κ3) is 15.7. The fourth-order valence-electron chi connectivity index (χ4n) is 4.26. The Bertz CT molecular complexity index is 1340. The molecule has 6 N–H and O–H groups in total. The first-order valence-electron chi connectivity index (χ1n) is 16.1. The van der Waals surface area contributed by atoms with Gasteiger partial charge in [0, 0.05) is 25.9 Å². The van der Waals surface area contributed by atoms with Crippen molar-refractivity contribution >= 4 is 24.0 Å². The molecule has 274 valence electrons. The molecule has 0 saturated heterocycles. The van der Waals surface area contributed by atoms with Crippen LogP contribution in [0.15, 0.2) is 60.7 Å². The minimum absolute atomic E-state index is 0.0115. The fourth-order valence-corrected chi connectivity index (χ4v) is 4.26. The predicted octanol–water partition coefficient (Wildman–Crippen LogP) is 2.24. The van der Waals surface area contributed by atoms with Crippen LogP contribution < -0.4 is 10.6 Å². The van der Waals surface area contributed by atoms with Gasteiger partial charge in [-0.1, -0.05) is 60.7 Å². The number of alkyl carbamates (subject to hydrolysis) is 2. The number of aliphatic hydroxyl groups is 4. The fraction of sp³-hybridized carbons (Fsp3) is 0.500. The molecule has 0 saturated carbocycles. The van der Waals surface area contributed by atoms with Gasteiger partial charge < -0.3 is 50.3 Å². The molecule has 2 rings (SSSR count). The van der Waals surface area contributed by atoms with Crippen molar-refractivity contribution in [1.82, 2.24) is 20.4 Å². The molecule has 14 heteroatoms. The largest absolute Gasteiger partial charge is 0.444 e. The number of hydrogen-bond donors (Lipinski definition) is 6. The van der Waals surface area contributed by atoms with Crippen LogP contribution in [-0.4, -0.2) is 103 Å². The molecule has 0 aromatic heterocycles. The van der Waals surface area contributed by atoms with Crippen molar-refractivity contribution in [2.45, 2.75) is 103 Å². The maximum Gasteiger partial charge on any atom is 0.409 e. The first-order chi connectivity index (χ1) is 23.4. The maximum atomic E-state index is 13.2. The molecular formula is C36H50N4O10. The SMILES string of the molecule is CC(C)(C)OC(=O)NCN(Cc1ccccc1)C(=O)C(O)C(O)CC#CCC(O)C(O)C(=O)N(CNC(=O)OC(C)(C)C)Cc1ccccc1. The molecule has 0 spiro atoms. The summed E-state index contributed by atoms with van der Waals surface area (Å²) in [5.74, 6) is 3.35. The van der Waals surface area contributed by atoms with Gasteiger partial charge in [-0.3, -0.25) is 9.59 Å². The molecule has 4 unspecified atom stereocenters. The van der Waals surface area contributed by atoms with Gasteiger partial charge >= 0.3 is 12.2 Å². The Morgan fingerprint density at radius 1 is 0.620 bits per heavy atom. The van der Waals surface area contributed by atoms with E-state index in [1.54, 1.807) is 102 Å². The van der Waals surface area contributed by atoms with Crippen LogP contribution in [0.25, 0.3) is 0 Å². The minimum Gasteiger partial charge on any atom is -0.444 e. The lowest BCUT2D eigenvalue weighted by Gasteiger charge is -2.28. The van der Waals surface area contributed by atoms with Crippen molar-refractivity contribution < 1.29 is 49.1 Å². The Kier molecular flexibility index (Phi) is 16.2. The summed E-state index contributed by atoms with van der Waals surface area (Å²) >= 11 is 0. The second-order valence-electron chi connectivity index (χ2n) is 13.5. The highest BCUT2D eigenvalue weighted by Crippen LogP contribution is 2.13. The highest BCUT2D eigenvalue weighted by atomic mass is 16.6. The predicted molar refractivity (Wildman–Crippen MR) is 183 cm³/mol. The van der Waals surface area contributed by atoms with Crippen LogP contribution >= 0.6 is 0 Å². The van der Waals surface area contributed by atoms with Gasteiger partial charge in [0.15, 0.2) is 12.2 Å². The lowest BCUT2D eigenvalue weighted by Crippen LogP contribution is -2.49. The molecule has 0 fully saturated rings. The van der Waals surface area contributed by atoms with E-state index in [1.165, 1.54) is 0 Å². The van der Waals surface area contributed by atoms with Crippen LogP contribution in [0.3, 0.4) is 0 Å². The first kappa shape index (κ1) is 41.5. The van der Waals surface area contributed by atoms with Crippen LogP contribution in [0.2, 0.25) is 0 Å². The lowest BCUT2D eigenvalue weighted by molar-refractivity contribution is -0.147. The number of carbonyl (C=O) groups is 4. The summed E-state index contributed by atoms with van der Waals surface area (Å²) in [5.41, 5.74) is -0.134. The first-order valence-corrected chi connectivity index (χ1v) is 16.1. The van der Waals surface area contributed by atoms with Crippen LogP contribution in [0.5, 0.6) is 0 Å². The quantitative estimate of drug-likeness (QED) is 0.126. The van der Waals surface area contributed by atoms with Crippen molar-refractivity contribution in [3.63, 3.8) is 0 Å². The number of ether oxygens (including phenoxy) is 2. The van der Waals surface area contributed by atoms with E-state index in [0.717, 1.165) is 9.80 Å². The van der Waals surface area contributed by atoms with Crippen LogP contribution in [0.1, 0.15) is 65.5 Å². The molecule has 4 atom stereocenters.